The molecule has 1 atom stereocenters. The molecular weight excluding hydrogens is 332 g/mol. The average Bonchev–Trinajstić information content (AvgIpc) is 3.08. The van der Waals surface area contributed by atoms with Gasteiger partial charge in [-0.15, -0.1) is 0 Å². The molecule has 2 amide bonds. The molecule has 2 aromatic carbocycles. The van der Waals surface area contributed by atoms with E-state index >= 15 is 0 Å². The fourth-order valence-electron chi connectivity index (χ4n) is 3.61. The Morgan fingerprint density at radius 3 is 2.58 bits per heavy atom. The van der Waals surface area contributed by atoms with E-state index in [9.17, 15) is 9.59 Å². The Balaban J connectivity index is 1.61. The van der Waals surface area contributed by atoms with Crippen molar-refractivity contribution >= 4 is 23.2 Å². The number of para-hydroxylation sites is 2. The third-order valence-corrected chi connectivity index (χ3v) is 4.75. The molecule has 6 nitrogen and oxygen atoms in total. The zero-order valence-corrected chi connectivity index (χ0v) is 14.8. The minimum absolute atomic E-state index is 0.00799. The number of hydrogen-bond donors (Lipinski definition) is 0. The Labute approximate surface area is 151 Å². The van der Waals surface area contributed by atoms with E-state index in [0.29, 0.717) is 18.0 Å². The van der Waals surface area contributed by atoms with E-state index in [2.05, 4.69) is 0 Å². The van der Waals surface area contributed by atoms with Gasteiger partial charge in [-0.05, 0) is 36.8 Å². The summed E-state index contributed by atoms with van der Waals surface area (Å²) in [5, 5.41) is 0. The molecule has 4 rings (SSSR count). The van der Waals surface area contributed by atoms with E-state index in [0.717, 1.165) is 16.9 Å². The van der Waals surface area contributed by atoms with Crippen molar-refractivity contribution in [3.63, 3.8) is 0 Å². The molecule has 2 aromatic rings. The summed E-state index contributed by atoms with van der Waals surface area (Å²) in [4.78, 5) is 28.6. The van der Waals surface area contributed by atoms with Gasteiger partial charge in [-0.25, -0.2) is 0 Å². The molecule has 2 aliphatic heterocycles. The monoisotopic (exact) mass is 352 g/mol. The highest BCUT2D eigenvalue weighted by atomic mass is 16.7. The normalized spacial score (nSPS) is 17.8. The fourth-order valence-corrected chi connectivity index (χ4v) is 3.61. The lowest BCUT2D eigenvalue weighted by Crippen LogP contribution is -2.51. The van der Waals surface area contributed by atoms with Crippen LogP contribution in [0.5, 0.6) is 11.5 Å². The van der Waals surface area contributed by atoms with Gasteiger partial charge in [-0.3, -0.25) is 9.59 Å². The molecule has 0 bridgehead atoms. The molecule has 0 unspecified atom stereocenters. The molecule has 0 aromatic heterocycles. The quantitative estimate of drug-likeness (QED) is 0.834. The van der Waals surface area contributed by atoms with Crippen LogP contribution in [0, 0.1) is 0 Å². The number of fused-ring (bicyclic) bond motifs is 2. The first kappa shape index (κ1) is 16.4. The van der Waals surface area contributed by atoms with Crippen LogP contribution in [0.2, 0.25) is 0 Å². The van der Waals surface area contributed by atoms with Gasteiger partial charge in [0.15, 0.2) is 11.5 Å². The minimum Gasteiger partial charge on any atom is -0.454 e. The van der Waals surface area contributed by atoms with Crippen LogP contribution < -0.4 is 19.3 Å². The number of hydrogen-bond acceptors (Lipinski definition) is 4. The first-order chi connectivity index (χ1) is 12.5. The second-order valence-corrected chi connectivity index (χ2v) is 6.60. The number of rotatable bonds is 2. The summed E-state index contributed by atoms with van der Waals surface area (Å²) in [6.07, 6.45) is 0.262. The van der Waals surface area contributed by atoms with Crippen molar-refractivity contribution in [2.24, 2.45) is 0 Å². The maximum atomic E-state index is 13.0. The molecule has 0 saturated heterocycles. The largest absolute Gasteiger partial charge is 0.454 e. The third kappa shape index (κ3) is 2.77. The van der Waals surface area contributed by atoms with Crippen molar-refractivity contribution < 1.29 is 19.1 Å². The van der Waals surface area contributed by atoms with E-state index in [-0.39, 0.29) is 31.1 Å². The highest BCUT2D eigenvalue weighted by Gasteiger charge is 2.33. The summed E-state index contributed by atoms with van der Waals surface area (Å²) < 4.78 is 10.7. The van der Waals surface area contributed by atoms with E-state index in [1.807, 2.05) is 49.4 Å². The second kappa shape index (κ2) is 6.37. The lowest BCUT2D eigenvalue weighted by Gasteiger charge is -2.40. The van der Waals surface area contributed by atoms with Gasteiger partial charge in [0.1, 0.15) is 0 Å². The van der Waals surface area contributed by atoms with Crippen molar-refractivity contribution in [2.45, 2.75) is 26.3 Å². The molecule has 0 radical (unpaired) electrons. The highest BCUT2D eigenvalue weighted by molar-refractivity contribution is 6.04. The smallest absolute Gasteiger partial charge is 0.231 e. The number of benzene rings is 2. The molecule has 0 aliphatic carbocycles. The number of nitrogens with zero attached hydrogens (tertiary/aromatic N) is 2. The molecule has 0 N–H and O–H groups in total. The summed E-state index contributed by atoms with van der Waals surface area (Å²) >= 11 is 0. The Bertz CT molecular complexity index is 880. The molecule has 2 aliphatic rings. The minimum atomic E-state index is -0.0805. The van der Waals surface area contributed by atoms with Crippen LogP contribution in [0.15, 0.2) is 42.5 Å². The summed E-state index contributed by atoms with van der Waals surface area (Å²) in [5.74, 6) is 1.35. The Morgan fingerprint density at radius 2 is 1.81 bits per heavy atom. The summed E-state index contributed by atoms with van der Waals surface area (Å²) in [6, 6.07) is 13.0. The summed E-state index contributed by atoms with van der Waals surface area (Å²) in [7, 11) is 0. The predicted molar refractivity (Wildman–Crippen MR) is 97.7 cm³/mol. The first-order valence-electron chi connectivity index (χ1n) is 8.62. The van der Waals surface area contributed by atoms with E-state index in [1.165, 1.54) is 0 Å². The third-order valence-electron chi connectivity index (χ3n) is 4.75. The van der Waals surface area contributed by atoms with Crippen LogP contribution in [0.4, 0.5) is 11.4 Å². The van der Waals surface area contributed by atoms with Gasteiger partial charge in [0.05, 0.1) is 23.8 Å². The van der Waals surface area contributed by atoms with Gasteiger partial charge < -0.3 is 19.3 Å². The van der Waals surface area contributed by atoms with Crippen molar-refractivity contribution in [1.82, 2.24) is 0 Å². The van der Waals surface area contributed by atoms with E-state index in [4.69, 9.17) is 9.47 Å². The van der Waals surface area contributed by atoms with E-state index < -0.39 is 0 Å². The Hall–Kier alpha value is -3.02. The van der Waals surface area contributed by atoms with Crippen molar-refractivity contribution in [3.05, 3.63) is 48.0 Å². The van der Waals surface area contributed by atoms with Crippen LogP contribution >= 0.6 is 0 Å². The van der Waals surface area contributed by atoms with Crippen molar-refractivity contribution in [2.75, 3.05) is 23.1 Å². The van der Waals surface area contributed by atoms with Crippen molar-refractivity contribution in [3.8, 4) is 11.5 Å². The lowest BCUT2D eigenvalue weighted by atomic mass is 10.1. The van der Waals surface area contributed by atoms with Gasteiger partial charge in [0.2, 0.25) is 18.6 Å². The first-order valence-corrected chi connectivity index (χ1v) is 8.62. The molecule has 2 heterocycles. The summed E-state index contributed by atoms with van der Waals surface area (Å²) in [6.45, 7) is 4.19. The maximum absolute atomic E-state index is 13.0. The topological polar surface area (TPSA) is 59.1 Å². The number of carbonyl (C=O) groups excluding carboxylic acids is 2. The zero-order valence-electron chi connectivity index (χ0n) is 14.8. The SMILES string of the molecule is CC(=O)N1c2ccccc2N(C(=O)Cc2ccc3c(c2)OCO3)C[C@@H]1C. The van der Waals surface area contributed by atoms with Crippen molar-refractivity contribution in [1.29, 1.82) is 0 Å². The Kier molecular flexibility index (Phi) is 4.03. The highest BCUT2D eigenvalue weighted by Crippen LogP contribution is 2.36. The fraction of sp³-hybridized carbons (Fsp3) is 0.300. The second-order valence-electron chi connectivity index (χ2n) is 6.60. The van der Waals surface area contributed by atoms with Gasteiger partial charge in [-0.2, -0.15) is 0 Å². The molecule has 26 heavy (non-hydrogen) atoms. The predicted octanol–water partition coefficient (Wildman–Crippen LogP) is 2.75. The molecular formula is C20H20N2O4. The van der Waals surface area contributed by atoms with Crippen LogP contribution in [-0.2, 0) is 16.0 Å². The van der Waals surface area contributed by atoms with Crippen LogP contribution in [-0.4, -0.2) is 31.2 Å². The van der Waals surface area contributed by atoms with Gasteiger partial charge in [0.25, 0.3) is 0 Å². The molecule has 6 heteroatoms. The number of amides is 2. The van der Waals surface area contributed by atoms with Gasteiger partial charge in [0, 0.05) is 13.5 Å². The molecule has 0 saturated carbocycles. The molecule has 0 spiro atoms. The maximum Gasteiger partial charge on any atom is 0.231 e. The zero-order chi connectivity index (χ0) is 18.3. The molecule has 0 fully saturated rings. The number of anilines is 2. The van der Waals surface area contributed by atoms with Crippen LogP contribution in [0.3, 0.4) is 0 Å². The average molecular weight is 352 g/mol. The van der Waals surface area contributed by atoms with Crippen LogP contribution in [0.25, 0.3) is 0 Å². The molecule has 134 valence electrons. The van der Waals surface area contributed by atoms with Crippen LogP contribution in [0.1, 0.15) is 19.4 Å². The Morgan fingerprint density at radius 1 is 1.08 bits per heavy atom. The number of ether oxygens (including phenoxy) is 2. The van der Waals surface area contributed by atoms with E-state index in [1.54, 1.807) is 16.7 Å². The standard InChI is InChI=1S/C20H20N2O4/c1-13-11-21(16-5-3-4-6-17(16)22(13)14(2)23)20(24)10-15-7-8-18-19(9-15)26-12-25-18/h3-9,13H,10-12H2,1-2H3/t13-/m0/s1. The lowest BCUT2D eigenvalue weighted by molar-refractivity contribution is -0.119. The van der Waals surface area contributed by atoms with Gasteiger partial charge >= 0.3 is 0 Å². The van der Waals surface area contributed by atoms with Gasteiger partial charge in [-0.1, -0.05) is 18.2 Å². The number of carbonyl (C=O) groups is 2. The summed E-state index contributed by atoms with van der Waals surface area (Å²) in [5.41, 5.74) is 2.42.